The van der Waals surface area contributed by atoms with E-state index < -0.39 is 0 Å². The van der Waals surface area contributed by atoms with Gasteiger partial charge in [-0.3, -0.25) is 9.98 Å². The van der Waals surface area contributed by atoms with Gasteiger partial charge in [0.05, 0.1) is 12.2 Å². The van der Waals surface area contributed by atoms with E-state index in [9.17, 15) is 0 Å². The van der Waals surface area contributed by atoms with Crippen LogP contribution in [0.3, 0.4) is 0 Å². The summed E-state index contributed by atoms with van der Waals surface area (Å²) in [5.74, 6) is 0.907. The Labute approximate surface area is 88.2 Å². The standard InChI is InChI=1S/C10H13N3S/c1-13-7-6-12-10(13)14-8-9-4-2-3-5-11-9/h2-5H,6-8H2,1H3. The van der Waals surface area contributed by atoms with Gasteiger partial charge in [-0.05, 0) is 12.1 Å². The monoisotopic (exact) mass is 207 g/mol. The van der Waals surface area contributed by atoms with Crippen molar-refractivity contribution in [3.05, 3.63) is 30.1 Å². The molecule has 0 aromatic carbocycles. The van der Waals surface area contributed by atoms with Crippen LogP contribution in [0.15, 0.2) is 29.4 Å². The number of aromatic nitrogens is 1. The summed E-state index contributed by atoms with van der Waals surface area (Å²) >= 11 is 1.76. The molecule has 4 heteroatoms. The van der Waals surface area contributed by atoms with E-state index in [1.54, 1.807) is 11.8 Å². The highest BCUT2D eigenvalue weighted by Crippen LogP contribution is 2.16. The Balaban J connectivity index is 1.89. The van der Waals surface area contributed by atoms with Crippen LogP contribution in [-0.2, 0) is 5.75 Å². The van der Waals surface area contributed by atoms with Crippen LogP contribution < -0.4 is 0 Å². The van der Waals surface area contributed by atoms with Gasteiger partial charge in [0.15, 0.2) is 5.17 Å². The molecule has 14 heavy (non-hydrogen) atoms. The molecule has 0 saturated heterocycles. The number of amidine groups is 1. The Morgan fingerprint density at radius 3 is 3.07 bits per heavy atom. The van der Waals surface area contributed by atoms with Gasteiger partial charge in [-0.25, -0.2) is 0 Å². The van der Waals surface area contributed by atoms with E-state index in [-0.39, 0.29) is 0 Å². The molecule has 1 aromatic rings. The molecule has 0 spiro atoms. The summed E-state index contributed by atoms with van der Waals surface area (Å²) in [7, 11) is 2.08. The zero-order valence-electron chi connectivity index (χ0n) is 8.18. The molecule has 1 aliphatic rings. The quantitative estimate of drug-likeness (QED) is 0.737. The van der Waals surface area contributed by atoms with Crippen LogP contribution in [0.4, 0.5) is 0 Å². The summed E-state index contributed by atoms with van der Waals surface area (Å²) in [6, 6.07) is 6.00. The molecule has 74 valence electrons. The second-order valence-electron chi connectivity index (χ2n) is 3.20. The fourth-order valence-electron chi connectivity index (χ4n) is 1.29. The fraction of sp³-hybridized carbons (Fsp3) is 0.400. The van der Waals surface area contributed by atoms with Gasteiger partial charge in [-0.1, -0.05) is 17.8 Å². The molecule has 0 aliphatic carbocycles. The van der Waals surface area contributed by atoms with E-state index in [2.05, 4.69) is 21.9 Å². The molecule has 2 heterocycles. The van der Waals surface area contributed by atoms with E-state index in [1.807, 2.05) is 24.4 Å². The lowest BCUT2D eigenvalue weighted by Gasteiger charge is -2.12. The van der Waals surface area contributed by atoms with Crippen molar-refractivity contribution in [2.75, 3.05) is 20.1 Å². The minimum atomic E-state index is 0.907. The maximum absolute atomic E-state index is 4.41. The Morgan fingerprint density at radius 2 is 2.43 bits per heavy atom. The van der Waals surface area contributed by atoms with Crippen molar-refractivity contribution in [3.8, 4) is 0 Å². The van der Waals surface area contributed by atoms with Gasteiger partial charge in [0.1, 0.15) is 0 Å². The lowest BCUT2D eigenvalue weighted by Crippen LogP contribution is -2.19. The van der Waals surface area contributed by atoms with Crippen molar-refractivity contribution in [2.45, 2.75) is 5.75 Å². The van der Waals surface area contributed by atoms with Gasteiger partial charge < -0.3 is 4.90 Å². The van der Waals surface area contributed by atoms with Crippen LogP contribution in [0.25, 0.3) is 0 Å². The maximum Gasteiger partial charge on any atom is 0.159 e. The van der Waals surface area contributed by atoms with Crippen LogP contribution in [0.5, 0.6) is 0 Å². The minimum Gasteiger partial charge on any atom is -0.353 e. The van der Waals surface area contributed by atoms with E-state index >= 15 is 0 Å². The highest BCUT2D eigenvalue weighted by atomic mass is 32.2. The fourth-order valence-corrected chi connectivity index (χ4v) is 2.23. The number of hydrogen-bond acceptors (Lipinski definition) is 4. The lowest BCUT2D eigenvalue weighted by atomic mass is 10.4. The summed E-state index contributed by atoms with van der Waals surface area (Å²) in [4.78, 5) is 10.9. The topological polar surface area (TPSA) is 28.5 Å². The molecule has 0 atom stereocenters. The van der Waals surface area contributed by atoms with Crippen molar-refractivity contribution in [1.82, 2.24) is 9.88 Å². The van der Waals surface area contributed by atoms with Crippen LogP contribution in [-0.4, -0.2) is 35.2 Å². The molecule has 3 nitrogen and oxygen atoms in total. The van der Waals surface area contributed by atoms with Crippen LogP contribution in [0.1, 0.15) is 5.69 Å². The summed E-state index contributed by atoms with van der Waals surface area (Å²) in [5.41, 5.74) is 1.11. The van der Waals surface area contributed by atoms with E-state index in [4.69, 9.17) is 0 Å². The van der Waals surface area contributed by atoms with Crippen LogP contribution in [0, 0.1) is 0 Å². The third-order valence-electron chi connectivity index (χ3n) is 2.08. The number of pyridine rings is 1. The molecule has 0 radical (unpaired) electrons. The Morgan fingerprint density at radius 1 is 1.50 bits per heavy atom. The summed E-state index contributed by atoms with van der Waals surface area (Å²) in [5, 5.41) is 1.13. The number of rotatable bonds is 2. The van der Waals surface area contributed by atoms with Gasteiger partial charge >= 0.3 is 0 Å². The van der Waals surface area contributed by atoms with Crippen molar-refractivity contribution < 1.29 is 0 Å². The lowest BCUT2D eigenvalue weighted by molar-refractivity contribution is 0.564. The average molecular weight is 207 g/mol. The average Bonchev–Trinajstić information content (AvgIpc) is 2.63. The van der Waals surface area contributed by atoms with E-state index in [0.29, 0.717) is 0 Å². The van der Waals surface area contributed by atoms with Crippen LogP contribution in [0.2, 0.25) is 0 Å². The Kier molecular flexibility index (Phi) is 3.03. The van der Waals surface area contributed by atoms with Gasteiger partial charge in [-0.15, -0.1) is 0 Å². The molecule has 1 aromatic heterocycles. The first kappa shape index (κ1) is 9.52. The molecule has 0 amide bonds. The first-order chi connectivity index (χ1) is 6.86. The molecule has 1 aliphatic heterocycles. The summed E-state index contributed by atoms with van der Waals surface area (Å²) in [6.45, 7) is 1.98. The molecule has 0 fully saturated rings. The molecule has 0 bridgehead atoms. The van der Waals surface area contributed by atoms with Gasteiger partial charge in [0, 0.05) is 25.5 Å². The zero-order chi connectivity index (χ0) is 9.80. The number of likely N-dealkylation sites (N-methyl/N-ethyl adjacent to an activating group) is 1. The highest BCUT2D eigenvalue weighted by Gasteiger charge is 2.12. The molecule has 0 N–H and O–H groups in total. The van der Waals surface area contributed by atoms with Crippen molar-refractivity contribution in [2.24, 2.45) is 4.99 Å². The highest BCUT2D eigenvalue weighted by molar-refractivity contribution is 8.13. The first-order valence-electron chi connectivity index (χ1n) is 4.64. The second kappa shape index (κ2) is 4.46. The third-order valence-corrected chi connectivity index (χ3v) is 3.22. The molecular weight excluding hydrogens is 194 g/mol. The normalized spacial score (nSPS) is 15.8. The van der Waals surface area contributed by atoms with E-state index in [1.165, 1.54) is 0 Å². The molecular formula is C10H13N3S. The van der Waals surface area contributed by atoms with Crippen molar-refractivity contribution in [1.29, 1.82) is 0 Å². The predicted molar refractivity (Wildman–Crippen MR) is 60.5 cm³/mol. The molecule has 0 unspecified atom stereocenters. The summed E-state index contributed by atoms with van der Waals surface area (Å²) < 4.78 is 0. The Bertz CT molecular complexity index is 323. The second-order valence-corrected chi connectivity index (χ2v) is 4.14. The van der Waals surface area contributed by atoms with Gasteiger partial charge in [-0.2, -0.15) is 0 Å². The first-order valence-corrected chi connectivity index (χ1v) is 5.63. The largest absolute Gasteiger partial charge is 0.353 e. The predicted octanol–water partition coefficient (Wildman–Crippen LogP) is 1.62. The minimum absolute atomic E-state index is 0.907. The van der Waals surface area contributed by atoms with Crippen molar-refractivity contribution >= 4 is 16.9 Å². The van der Waals surface area contributed by atoms with E-state index in [0.717, 1.165) is 29.7 Å². The third kappa shape index (κ3) is 2.26. The van der Waals surface area contributed by atoms with Gasteiger partial charge in [0.25, 0.3) is 0 Å². The van der Waals surface area contributed by atoms with Gasteiger partial charge in [0.2, 0.25) is 0 Å². The number of nitrogens with zero attached hydrogens (tertiary/aromatic N) is 3. The molecule has 2 rings (SSSR count). The maximum atomic E-state index is 4.41. The number of thioether (sulfide) groups is 1. The SMILES string of the molecule is CN1CCN=C1SCc1ccccn1. The summed E-state index contributed by atoms with van der Waals surface area (Å²) in [6.07, 6.45) is 1.83. The smallest absolute Gasteiger partial charge is 0.159 e. The Hall–Kier alpha value is -1.03. The number of hydrogen-bond donors (Lipinski definition) is 0. The molecule has 0 saturated carbocycles. The van der Waals surface area contributed by atoms with Crippen molar-refractivity contribution in [3.63, 3.8) is 0 Å². The number of aliphatic imine (C=N–C) groups is 1. The zero-order valence-corrected chi connectivity index (χ0v) is 9.00. The van der Waals surface area contributed by atoms with Crippen LogP contribution >= 0.6 is 11.8 Å².